The van der Waals surface area contributed by atoms with E-state index < -0.39 is 10.0 Å². The third-order valence-corrected chi connectivity index (χ3v) is 5.14. The summed E-state index contributed by atoms with van der Waals surface area (Å²) in [7, 11) is -3.18. The number of nitrogens with zero attached hydrogens (tertiary/aromatic N) is 1. The highest BCUT2D eigenvalue weighted by Crippen LogP contribution is 2.13. The van der Waals surface area contributed by atoms with Crippen LogP contribution < -0.4 is 5.32 Å². The van der Waals surface area contributed by atoms with Crippen LogP contribution in [0.15, 0.2) is 36.4 Å². The van der Waals surface area contributed by atoms with Crippen LogP contribution in [0, 0.1) is 0 Å². The van der Waals surface area contributed by atoms with Gasteiger partial charge in [0.1, 0.15) is 0 Å². The molecule has 0 aliphatic carbocycles. The van der Waals surface area contributed by atoms with Crippen molar-refractivity contribution >= 4 is 22.0 Å². The zero-order valence-corrected chi connectivity index (χ0v) is 14.3. The molecule has 5 nitrogen and oxygen atoms in total. The number of hydrogen-bond acceptors (Lipinski definition) is 3. The third-order valence-electron chi connectivity index (χ3n) is 3.87. The SMILES string of the molecule is CS(=O)(=O)N1CCC[C@@H](NC(=O)CC/C=C\c2ccccc2)C1. The summed E-state index contributed by atoms with van der Waals surface area (Å²) in [5.74, 6) is -0.0249. The van der Waals surface area contributed by atoms with Crippen molar-refractivity contribution in [1.82, 2.24) is 9.62 Å². The molecule has 126 valence electrons. The van der Waals surface area contributed by atoms with Crippen molar-refractivity contribution in [2.75, 3.05) is 19.3 Å². The Labute approximate surface area is 138 Å². The van der Waals surface area contributed by atoms with Gasteiger partial charge in [-0.3, -0.25) is 4.79 Å². The van der Waals surface area contributed by atoms with E-state index in [1.54, 1.807) is 0 Å². The minimum absolute atomic E-state index is 0.0249. The smallest absolute Gasteiger partial charge is 0.220 e. The van der Waals surface area contributed by atoms with Crippen LogP contribution in [0.4, 0.5) is 0 Å². The Hall–Kier alpha value is -1.66. The molecule has 1 amide bonds. The Balaban J connectivity index is 1.73. The molecule has 6 heteroatoms. The third kappa shape index (κ3) is 6.15. The Morgan fingerprint density at radius 3 is 2.78 bits per heavy atom. The molecule has 0 radical (unpaired) electrons. The first-order valence-corrected chi connectivity index (χ1v) is 9.76. The molecule has 0 bridgehead atoms. The van der Waals surface area contributed by atoms with E-state index in [4.69, 9.17) is 0 Å². The second-order valence-electron chi connectivity index (χ2n) is 5.88. The molecule has 2 rings (SSSR count). The Kier molecular flexibility index (Phi) is 6.36. The molecule has 0 aromatic heterocycles. The quantitative estimate of drug-likeness (QED) is 0.864. The van der Waals surface area contributed by atoms with Crippen LogP contribution in [0.25, 0.3) is 6.08 Å². The van der Waals surface area contributed by atoms with E-state index in [2.05, 4.69) is 5.32 Å². The predicted molar refractivity (Wildman–Crippen MR) is 92.3 cm³/mol. The fourth-order valence-corrected chi connectivity index (χ4v) is 3.57. The first-order valence-electron chi connectivity index (χ1n) is 7.91. The Morgan fingerprint density at radius 2 is 2.09 bits per heavy atom. The summed E-state index contributed by atoms with van der Waals surface area (Å²) in [5, 5.41) is 2.94. The monoisotopic (exact) mass is 336 g/mol. The van der Waals surface area contributed by atoms with Crippen LogP contribution in [0.1, 0.15) is 31.2 Å². The molecular formula is C17H24N2O3S. The maximum atomic E-state index is 12.0. The maximum Gasteiger partial charge on any atom is 0.220 e. The van der Waals surface area contributed by atoms with Crippen LogP contribution in [-0.4, -0.2) is 44.0 Å². The highest BCUT2D eigenvalue weighted by atomic mass is 32.2. The summed E-state index contributed by atoms with van der Waals surface area (Å²) in [6.07, 6.45) is 7.90. The lowest BCUT2D eigenvalue weighted by atomic mass is 10.1. The Bertz CT molecular complexity index is 641. The zero-order chi connectivity index (χ0) is 16.7. The lowest BCUT2D eigenvalue weighted by Crippen LogP contribution is -2.49. The van der Waals surface area contributed by atoms with Crippen LogP contribution in [0.5, 0.6) is 0 Å². The van der Waals surface area contributed by atoms with Gasteiger partial charge in [0.05, 0.1) is 6.26 Å². The van der Waals surface area contributed by atoms with E-state index >= 15 is 0 Å². The summed E-state index contributed by atoms with van der Waals surface area (Å²) >= 11 is 0. The number of rotatable bonds is 6. The van der Waals surface area contributed by atoms with Crippen LogP contribution >= 0.6 is 0 Å². The van der Waals surface area contributed by atoms with E-state index in [1.165, 1.54) is 10.6 Å². The molecular weight excluding hydrogens is 312 g/mol. The summed E-state index contributed by atoms with van der Waals surface area (Å²) in [4.78, 5) is 12.0. The van der Waals surface area contributed by atoms with Gasteiger partial charge in [-0.25, -0.2) is 12.7 Å². The second kappa shape index (κ2) is 8.26. The lowest BCUT2D eigenvalue weighted by Gasteiger charge is -2.31. The fourth-order valence-electron chi connectivity index (χ4n) is 2.66. The molecule has 23 heavy (non-hydrogen) atoms. The minimum atomic E-state index is -3.18. The summed E-state index contributed by atoms with van der Waals surface area (Å²) in [5.41, 5.74) is 1.11. The van der Waals surface area contributed by atoms with Gasteiger partial charge < -0.3 is 5.32 Å². The molecule has 0 unspecified atom stereocenters. The molecule has 1 aromatic carbocycles. The summed E-state index contributed by atoms with van der Waals surface area (Å²) in [6, 6.07) is 9.86. The number of piperidine rings is 1. The first-order chi connectivity index (χ1) is 10.9. The van der Waals surface area contributed by atoms with Crippen molar-refractivity contribution in [2.24, 2.45) is 0 Å². The van der Waals surface area contributed by atoms with E-state index in [-0.39, 0.29) is 11.9 Å². The number of allylic oxidation sites excluding steroid dienone is 1. The Morgan fingerprint density at radius 1 is 1.35 bits per heavy atom. The van der Waals surface area contributed by atoms with Gasteiger partial charge in [-0.1, -0.05) is 42.5 Å². The summed E-state index contributed by atoms with van der Waals surface area (Å²) < 4.78 is 24.6. The number of nitrogens with one attached hydrogen (secondary N) is 1. The second-order valence-corrected chi connectivity index (χ2v) is 7.86. The van der Waals surface area contributed by atoms with Crippen molar-refractivity contribution in [3.05, 3.63) is 42.0 Å². The van der Waals surface area contributed by atoms with Gasteiger partial charge in [-0.2, -0.15) is 0 Å². The van der Waals surface area contributed by atoms with Gasteiger partial charge in [0.2, 0.25) is 15.9 Å². The summed E-state index contributed by atoms with van der Waals surface area (Å²) in [6.45, 7) is 0.926. The number of carbonyl (C=O) groups is 1. The van der Waals surface area contributed by atoms with Crippen molar-refractivity contribution in [3.8, 4) is 0 Å². The molecule has 1 heterocycles. The van der Waals surface area contributed by atoms with Gasteiger partial charge in [0.25, 0.3) is 0 Å². The van der Waals surface area contributed by atoms with E-state index in [9.17, 15) is 13.2 Å². The van der Waals surface area contributed by atoms with E-state index in [0.717, 1.165) is 18.4 Å². The van der Waals surface area contributed by atoms with Crippen LogP contribution in [0.2, 0.25) is 0 Å². The topological polar surface area (TPSA) is 66.5 Å². The van der Waals surface area contributed by atoms with Gasteiger partial charge in [0, 0.05) is 25.6 Å². The van der Waals surface area contributed by atoms with E-state index in [1.807, 2.05) is 42.5 Å². The minimum Gasteiger partial charge on any atom is -0.352 e. The van der Waals surface area contributed by atoms with Crippen LogP contribution in [0.3, 0.4) is 0 Å². The molecule has 1 aromatic rings. The van der Waals surface area contributed by atoms with Crippen molar-refractivity contribution in [3.63, 3.8) is 0 Å². The number of sulfonamides is 1. The molecule has 0 saturated carbocycles. The van der Waals surface area contributed by atoms with Gasteiger partial charge in [0.15, 0.2) is 0 Å². The van der Waals surface area contributed by atoms with Gasteiger partial charge >= 0.3 is 0 Å². The maximum absolute atomic E-state index is 12.0. The van der Waals surface area contributed by atoms with Crippen molar-refractivity contribution < 1.29 is 13.2 Å². The lowest BCUT2D eigenvalue weighted by molar-refractivity contribution is -0.122. The average Bonchev–Trinajstić information content (AvgIpc) is 2.52. The van der Waals surface area contributed by atoms with E-state index in [0.29, 0.717) is 25.9 Å². The average molecular weight is 336 g/mol. The first kappa shape index (κ1) is 17.7. The molecule has 0 spiro atoms. The fraction of sp³-hybridized carbons (Fsp3) is 0.471. The molecule has 1 aliphatic rings. The van der Waals surface area contributed by atoms with Crippen molar-refractivity contribution in [2.45, 2.75) is 31.7 Å². The van der Waals surface area contributed by atoms with Gasteiger partial charge in [-0.05, 0) is 24.8 Å². The number of benzene rings is 1. The van der Waals surface area contributed by atoms with Crippen LogP contribution in [-0.2, 0) is 14.8 Å². The van der Waals surface area contributed by atoms with Crippen molar-refractivity contribution in [1.29, 1.82) is 0 Å². The number of amides is 1. The highest BCUT2D eigenvalue weighted by Gasteiger charge is 2.26. The molecule has 1 atom stereocenters. The standard InChI is InChI=1S/C17H24N2O3S/c1-23(21,22)19-13-7-11-16(14-19)18-17(20)12-6-5-10-15-8-3-2-4-9-15/h2-5,8-10,16H,6-7,11-14H2,1H3,(H,18,20)/b10-5-/t16-/m1/s1. The predicted octanol–water partition coefficient (Wildman–Crippen LogP) is 2.02. The number of carbonyl (C=O) groups excluding carboxylic acids is 1. The zero-order valence-electron chi connectivity index (χ0n) is 13.4. The van der Waals surface area contributed by atoms with Gasteiger partial charge in [-0.15, -0.1) is 0 Å². The number of hydrogen-bond donors (Lipinski definition) is 1. The highest BCUT2D eigenvalue weighted by molar-refractivity contribution is 7.88. The molecule has 1 fully saturated rings. The molecule has 1 N–H and O–H groups in total. The normalized spacial score (nSPS) is 19.8. The molecule has 1 aliphatic heterocycles. The largest absolute Gasteiger partial charge is 0.352 e. The molecule has 1 saturated heterocycles.